The summed E-state index contributed by atoms with van der Waals surface area (Å²) in [6.45, 7) is 0.967. The molecule has 0 aromatic carbocycles. The van der Waals surface area contributed by atoms with E-state index in [1.807, 2.05) is 6.07 Å². The van der Waals surface area contributed by atoms with Crippen molar-refractivity contribution >= 4 is 16.7 Å². The Labute approximate surface area is 98.8 Å². The predicted octanol–water partition coefficient (Wildman–Crippen LogP) is 1.01. The highest BCUT2D eigenvalue weighted by Crippen LogP contribution is 2.11. The molecule has 1 amide bonds. The maximum atomic E-state index is 11.7. The minimum Gasteiger partial charge on any atom is -0.383 e. The van der Waals surface area contributed by atoms with Crippen LogP contribution >= 0.6 is 0 Å². The van der Waals surface area contributed by atoms with Crippen molar-refractivity contribution in [1.82, 2.24) is 15.3 Å². The summed E-state index contributed by atoms with van der Waals surface area (Å²) < 4.78 is 4.85. The van der Waals surface area contributed by atoms with Crippen molar-refractivity contribution in [2.24, 2.45) is 0 Å². The molecule has 2 aromatic heterocycles. The molecule has 2 heterocycles. The maximum Gasteiger partial charge on any atom is 0.269 e. The number of nitrogens with one attached hydrogen (secondary N) is 1. The average molecular weight is 231 g/mol. The normalized spacial score (nSPS) is 10.4. The molecular weight excluding hydrogens is 218 g/mol. The average Bonchev–Trinajstić information content (AvgIpc) is 2.38. The second-order valence-corrected chi connectivity index (χ2v) is 3.54. The molecule has 0 bridgehead atoms. The molecule has 0 aliphatic heterocycles. The van der Waals surface area contributed by atoms with Crippen molar-refractivity contribution in [3.8, 4) is 0 Å². The lowest BCUT2D eigenvalue weighted by Gasteiger charge is -2.04. The van der Waals surface area contributed by atoms with Gasteiger partial charge in [-0.15, -0.1) is 0 Å². The van der Waals surface area contributed by atoms with Crippen LogP contribution in [0, 0.1) is 0 Å². The Bertz CT molecular complexity index is 528. The van der Waals surface area contributed by atoms with Gasteiger partial charge in [0.05, 0.1) is 6.61 Å². The molecule has 5 heteroatoms. The van der Waals surface area contributed by atoms with Gasteiger partial charge in [0.1, 0.15) is 5.69 Å². The number of carbonyl (C=O) groups excluding carboxylic acids is 1. The fraction of sp³-hybridized carbons (Fsp3) is 0.250. The molecule has 2 rings (SSSR count). The zero-order valence-corrected chi connectivity index (χ0v) is 9.51. The standard InChI is InChI=1S/C12H13N3O2/c1-17-5-4-14-12(16)11-6-9-2-3-13-7-10(9)8-15-11/h2-3,6-8H,4-5H2,1H3,(H,14,16). The van der Waals surface area contributed by atoms with E-state index < -0.39 is 0 Å². The summed E-state index contributed by atoms with van der Waals surface area (Å²) in [6.07, 6.45) is 5.05. The Morgan fingerprint density at radius 1 is 1.41 bits per heavy atom. The van der Waals surface area contributed by atoms with Gasteiger partial charge in [-0.05, 0) is 17.5 Å². The number of aromatic nitrogens is 2. The number of fused-ring (bicyclic) bond motifs is 1. The zero-order valence-electron chi connectivity index (χ0n) is 9.51. The minimum absolute atomic E-state index is 0.194. The Kier molecular flexibility index (Phi) is 3.62. The minimum atomic E-state index is -0.194. The first-order valence-electron chi connectivity index (χ1n) is 5.28. The quantitative estimate of drug-likeness (QED) is 0.797. The monoisotopic (exact) mass is 231 g/mol. The van der Waals surface area contributed by atoms with Gasteiger partial charge in [0.25, 0.3) is 5.91 Å². The highest BCUT2D eigenvalue weighted by Gasteiger charge is 2.06. The molecule has 5 nitrogen and oxygen atoms in total. The van der Waals surface area contributed by atoms with Gasteiger partial charge >= 0.3 is 0 Å². The lowest BCUT2D eigenvalue weighted by molar-refractivity contribution is 0.0932. The number of methoxy groups -OCH3 is 1. The molecule has 0 unspecified atom stereocenters. The fourth-order valence-corrected chi connectivity index (χ4v) is 1.46. The molecule has 0 aliphatic carbocycles. The van der Waals surface area contributed by atoms with Gasteiger partial charge in [0.15, 0.2) is 0 Å². The number of ether oxygens (including phenoxy) is 1. The van der Waals surface area contributed by atoms with Crippen LogP contribution in [0.1, 0.15) is 10.5 Å². The highest BCUT2D eigenvalue weighted by molar-refractivity contribution is 5.96. The number of amides is 1. The summed E-state index contributed by atoms with van der Waals surface area (Å²) >= 11 is 0. The van der Waals surface area contributed by atoms with Crippen LogP contribution in [0.25, 0.3) is 10.8 Å². The number of hydrogen-bond donors (Lipinski definition) is 1. The third-order valence-electron chi connectivity index (χ3n) is 2.35. The first-order chi connectivity index (χ1) is 8.31. The van der Waals surface area contributed by atoms with E-state index in [1.54, 1.807) is 31.8 Å². The molecule has 0 saturated carbocycles. The molecule has 88 valence electrons. The van der Waals surface area contributed by atoms with E-state index in [-0.39, 0.29) is 5.91 Å². The molecule has 0 fully saturated rings. The summed E-state index contributed by atoms with van der Waals surface area (Å²) in [7, 11) is 1.59. The molecular formula is C12H13N3O2. The molecule has 0 radical (unpaired) electrons. The molecule has 0 spiro atoms. The zero-order chi connectivity index (χ0) is 12.1. The van der Waals surface area contributed by atoms with Gasteiger partial charge in [-0.2, -0.15) is 0 Å². The second-order valence-electron chi connectivity index (χ2n) is 3.54. The van der Waals surface area contributed by atoms with Crippen molar-refractivity contribution < 1.29 is 9.53 Å². The van der Waals surface area contributed by atoms with E-state index in [1.165, 1.54) is 0 Å². The van der Waals surface area contributed by atoms with E-state index in [4.69, 9.17) is 4.74 Å². The first kappa shape index (κ1) is 11.5. The van der Waals surface area contributed by atoms with Crippen LogP contribution in [0.4, 0.5) is 0 Å². The van der Waals surface area contributed by atoms with Crippen LogP contribution < -0.4 is 5.32 Å². The number of pyridine rings is 2. The van der Waals surface area contributed by atoms with Crippen molar-refractivity contribution in [2.75, 3.05) is 20.3 Å². The lowest BCUT2D eigenvalue weighted by Crippen LogP contribution is -2.27. The van der Waals surface area contributed by atoms with Crippen LogP contribution in [0.5, 0.6) is 0 Å². The second kappa shape index (κ2) is 5.36. The van der Waals surface area contributed by atoms with Crippen molar-refractivity contribution in [1.29, 1.82) is 0 Å². The SMILES string of the molecule is COCCNC(=O)c1cc2ccncc2cn1. The van der Waals surface area contributed by atoms with E-state index in [0.29, 0.717) is 18.8 Å². The van der Waals surface area contributed by atoms with Crippen molar-refractivity contribution in [2.45, 2.75) is 0 Å². The van der Waals surface area contributed by atoms with E-state index >= 15 is 0 Å². The Balaban J connectivity index is 2.15. The topological polar surface area (TPSA) is 64.1 Å². The lowest BCUT2D eigenvalue weighted by atomic mass is 10.2. The number of hydrogen-bond acceptors (Lipinski definition) is 4. The number of carbonyl (C=O) groups is 1. The number of nitrogens with zero attached hydrogens (tertiary/aromatic N) is 2. The van der Waals surface area contributed by atoms with Crippen molar-refractivity contribution in [3.63, 3.8) is 0 Å². The molecule has 1 N–H and O–H groups in total. The fourth-order valence-electron chi connectivity index (χ4n) is 1.46. The smallest absolute Gasteiger partial charge is 0.269 e. The Morgan fingerprint density at radius 3 is 3.12 bits per heavy atom. The Morgan fingerprint density at radius 2 is 2.29 bits per heavy atom. The number of rotatable bonds is 4. The van der Waals surface area contributed by atoms with Crippen LogP contribution in [-0.2, 0) is 4.74 Å². The van der Waals surface area contributed by atoms with Crippen molar-refractivity contribution in [3.05, 3.63) is 36.4 Å². The van der Waals surface area contributed by atoms with E-state index in [0.717, 1.165) is 10.8 Å². The van der Waals surface area contributed by atoms with E-state index in [2.05, 4.69) is 15.3 Å². The van der Waals surface area contributed by atoms with Gasteiger partial charge in [-0.3, -0.25) is 14.8 Å². The van der Waals surface area contributed by atoms with Gasteiger partial charge in [0, 0.05) is 37.6 Å². The van der Waals surface area contributed by atoms with E-state index in [9.17, 15) is 4.79 Å². The molecule has 0 saturated heterocycles. The summed E-state index contributed by atoms with van der Waals surface area (Å²) in [5.41, 5.74) is 0.403. The largest absolute Gasteiger partial charge is 0.383 e. The Hall–Kier alpha value is -2.01. The highest BCUT2D eigenvalue weighted by atomic mass is 16.5. The third kappa shape index (κ3) is 2.76. The van der Waals surface area contributed by atoms with Gasteiger partial charge < -0.3 is 10.1 Å². The summed E-state index contributed by atoms with van der Waals surface area (Å²) in [6, 6.07) is 3.60. The van der Waals surface area contributed by atoms with Crippen LogP contribution in [0.3, 0.4) is 0 Å². The van der Waals surface area contributed by atoms with Crippen LogP contribution in [-0.4, -0.2) is 36.1 Å². The molecule has 0 atom stereocenters. The molecule has 17 heavy (non-hydrogen) atoms. The first-order valence-corrected chi connectivity index (χ1v) is 5.28. The molecule has 0 aliphatic rings. The molecule has 2 aromatic rings. The van der Waals surface area contributed by atoms with Gasteiger partial charge in [-0.25, -0.2) is 0 Å². The summed E-state index contributed by atoms with van der Waals surface area (Å²) in [4.78, 5) is 19.8. The summed E-state index contributed by atoms with van der Waals surface area (Å²) in [5, 5.41) is 4.59. The maximum absolute atomic E-state index is 11.7. The van der Waals surface area contributed by atoms with Crippen LogP contribution in [0.2, 0.25) is 0 Å². The van der Waals surface area contributed by atoms with Gasteiger partial charge in [-0.1, -0.05) is 0 Å². The van der Waals surface area contributed by atoms with Crippen LogP contribution in [0.15, 0.2) is 30.7 Å². The third-order valence-corrected chi connectivity index (χ3v) is 2.35. The predicted molar refractivity (Wildman–Crippen MR) is 63.7 cm³/mol. The van der Waals surface area contributed by atoms with Gasteiger partial charge in [0.2, 0.25) is 0 Å². The summed E-state index contributed by atoms with van der Waals surface area (Å²) in [5.74, 6) is -0.194.